The molecule has 3 rings (SSSR count). The maximum atomic E-state index is 4.80. The third-order valence-corrected chi connectivity index (χ3v) is 5.32. The van der Waals surface area contributed by atoms with Gasteiger partial charge in [-0.2, -0.15) is 5.10 Å². The third kappa shape index (κ3) is 2.25. The Morgan fingerprint density at radius 2 is 2.20 bits per heavy atom. The van der Waals surface area contributed by atoms with E-state index < -0.39 is 0 Å². The highest BCUT2D eigenvalue weighted by molar-refractivity contribution is 5.88. The zero-order chi connectivity index (χ0) is 14.3. The molecule has 0 saturated heterocycles. The van der Waals surface area contributed by atoms with Gasteiger partial charge < -0.3 is 0 Å². The van der Waals surface area contributed by atoms with Crippen LogP contribution in [0.2, 0.25) is 0 Å². The standard InChI is InChI=1S/C18H26N2/c1-5-12(2)18-11-20(19-14(18)4)16-8-9-17-13(3)6-7-15(17)10-16/h8-10,12-13,18H,5-7,11H2,1-4H3. The van der Waals surface area contributed by atoms with Gasteiger partial charge in [-0.25, -0.2) is 0 Å². The van der Waals surface area contributed by atoms with Crippen LogP contribution in [0.4, 0.5) is 5.69 Å². The molecule has 1 heterocycles. The lowest BCUT2D eigenvalue weighted by Gasteiger charge is -2.20. The zero-order valence-corrected chi connectivity index (χ0v) is 13.2. The van der Waals surface area contributed by atoms with Gasteiger partial charge in [-0.3, -0.25) is 5.01 Å². The van der Waals surface area contributed by atoms with E-state index >= 15 is 0 Å². The van der Waals surface area contributed by atoms with Gasteiger partial charge in [-0.1, -0.05) is 33.3 Å². The minimum atomic E-state index is 0.618. The van der Waals surface area contributed by atoms with Crippen LogP contribution in [-0.2, 0) is 6.42 Å². The molecule has 0 fully saturated rings. The summed E-state index contributed by atoms with van der Waals surface area (Å²) in [6.45, 7) is 10.2. The number of rotatable bonds is 3. The molecule has 1 aliphatic carbocycles. The third-order valence-electron chi connectivity index (χ3n) is 5.32. The van der Waals surface area contributed by atoms with Gasteiger partial charge in [0.1, 0.15) is 0 Å². The van der Waals surface area contributed by atoms with Gasteiger partial charge in [-0.15, -0.1) is 0 Å². The first-order valence-electron chi connectivity index (χ1n) is 8.05. The molecule has 0 amide bonds. The lowest BCUT2D eigenvalue weighted by atomic mass is 9.89. The Bertz CT molecular complexity index is 532. The predicted molar refractivity (Wildman–Crippen MR) is 86.6 cm³/mol. The van der Waals surface area contributed by atoms with Gasteiger partial charge in [0.2, 0.25) is 0 Å². The lowest BCUT2D eigenvalue weighted by Crippen LogP contribution is -2.24. The van der Waals surface area contributed by atoms with E-state index in [2.05, 4.69) is 50.9 Å². The number of benzene rings is 1. The van der Waals surface area contributed by atoms with Crippen LogP contribution in [0.1, 0.15) is 57.6 Å². The summed E-state index contributed by atoms with van der Waals surface area (Å²) in [4.78, 5) is 0. The first-order valence-corrected chi connectivity index (χ1v) is 8.05. The summed E-state index contributed by atoms with van der Waals surface area (Å²) < 4.78 is 0. The summed E-state index contributed by atoms with van der Waals surface area (Å²) in [5, 5.41) is 7.02. The first kappa shape index (κ1) is 13.7. The predicted octanol–water partition coefficient (Wildman–Crippen LogP) is 4.59. The molecule has 2 heteroatoms. The normalized spacial score (nSPS) is 26.6. The van der Waals surface area contributed by atoms with E-state index in [4.69, 9.17) is 5.10 Å². The molecular formula is C18H26N2. The monoisotopic (exact) mass is 270 g/mol. The molecule has 3 unspecified atom stereocenters. The number of fused-ring (bicyclic) bond motifs is 1. The molecule has 3 atom stereocenters. The molecule has 108 valence electrons. The fourth-order valence-corrected chi connectivity index (χ4v) is 3.64. The zero-order valence-electron chi connectivity index (χ0n) is 13.2. The van der Waals surface area contributed by atoms with Crippen LogP contribution in [0.3, 0.4) is 0 Å². The molecule has 0 saturated carbocycles. The minimum Gasteiger partial charge on any atom is -0.265 e. The first-order chi connectivity index (χ1) is 9.60. The summed E-state index contributed by atoms with van der Waals surface area (Å²) in [5.74, 6) is 2.07. The van der Waals surface area contributed by atoms with E-state index in [1.165, 1.54) is 36.2 Å². The maximum Gasteiger partial charge on any atom is 0.0597 e. The Hall–Kier alpha value is -1.31. The van der Waals surface area contributed by atoms with Crippen molar-refractivity contribution in [1.82, 2.24) is 0 Å². The Balaban J connectivity index is 1.82. The Labute approximate surface area is 122 Å². The molecule has 20 heavy (non-hydrogen) atoms. The van der Waals surface area contributed by atoms with Crippen molar-refractivity contribution in [3.8, 4) is 0 Å². The van der Waals surface area contributed by atoms with Crippen molar-refractivity contribution in [3.05, 3.63) is 29.3 Å². The number of nitrogens with zero attached hydrogens (tertiary/aromatic N) is 2. The number of aryl methyl sites for hydroxylation is 1. The maximum absolute atomic E-state index is 4.80. The smallest absolute Gasteiger partial charge is 0.0597 e. The van der Waals surface area contributed by atoms with Crippen LogP contribution in [-0.4, -0.2) is 12.3 Å². The molecule has 1 aromatic carbocycles. The van der Waals surface area contributed by atoms with E-state index in [1.54, 1.807) is 5.56 Å². The summed E-state index contributed by atoms with van der Waals surface area (Å²) in [6, 6.07) is 6.95. The minimum absolute atomic E-state index is 0.618. The van der Waals surface area contributed by atoms with E-state index in [-0.39, 0.29) is 0 Å². The van der Waals surface area contributed by atoms with E-state index in [0.29, 0.717) is 5.92 Å². The average Bonchev–Trinajstić information content (AvgIpc) is 3.02. The average molecular weight is 270 g/mol. The molecule has 1 aromatic rings. The summed E-state index contributed by atoms with van der Waals surface area (Å²) in [5.41, 5.74) is 5.66. The molecule has 0 radical (unpaired) electrons. The lowest BCUT2D eigenvalue weighted by molar-refractivity contribution is 0.454. The van der Waals surface area contributed by atoms with Gasteiger partial charge >= 0.3 is 0 Å². The van der Waals surface area contributed by atoms with Crippen LogP contribution in [0.5, 0.6) is 0 Å². The molecule has 1 aliphatic heterocycles. The quantitative estimate of drug-likeness (QED) is 0.784. The Kier molecular flexibility index (Phi) is 3.57. The van der Waals surface area contributed by atoms with Crippen LogP contribution in [0.25, 0.3) is 0 Å². The molecule has 2 nitrogen and oxygen atoms in total. The Morgan fingerprint density at radius 1 is 1.40 bits per heavy atom. The van der Waals surface area contributed by atoms with Gasteiger partial charge in [0.05, 0.1) is 5.69 Å². The van der Waals surface area contributed by atoms with Crippen molar-refractivity contribution in [3.63, 3.8) is 0 Å². The molecular weight excluding hydrogens is 244 g/mol. The van der Waals surface area contributed by atoms with Crippen molar-refractivity contribution < 1.29 is 0 Å². The van der Waals surface area contributed by atoms with Crippen LogP contribution in [0, 0.1) is 11.8 Å². The largest absolute Gasteiger partial charge is 0.265 e. The highest BCUT2D eigenvalue weighted by Crippen LogP contribution is 2.36. The van der Waals surface area contributed by atoms with Gasteiger partial charge in [-0.05, 0) is 54.9 Å². The van der Waals surface area contributed by atoms with Crippen molar-refractivity contribution in [1.29, 1.82) is 0 Å². The van der Waals surface area contributed by atoms with Crippen molar-refractivity contribution in [2.24, 2.45) is 16.9 Å². The summed E-state index contributed by atoms with van der Waals surface area (Å²) in [7, 11) is 0. The van der Waals surface area contributed by atoms with E-state index in [9.17, 15) is 0 Å². The highest BCUT2D eigenvalue weighted by atomic mass is 15.5. The summed E-state index contributed by atoms with van der Waals surface area (Å²) in [6.07, 6.45) is 3.76. The number of hydrogen-bond acceptors (Lipinski definition) is 2. The van der Waals surface area contributed by atoms with E-state index in [1.807, 2.05) is 0 Å². The SMILES string of the molecule is CCC(C)C1CN(c2ccc3c(c2)CCC3C)N=C1C. The number of hydrogen-bond donors (Lipinski definition) is 0. The van der Waals surface area contributed by atoms with Crippen LogP contribution in [0.15, 0.2) is 23.3 Å². The highest BCUT2D eigenvalue weighted by Gasteiger charge is 2.29. The number of hydrazone groups is 1. The second kappa shape index (κ2) is 5.23. The van der Waals surface area contributed by atoms with Gasteiger partial charge in [0.15, 0.2) is 0 Å². The second-order valence-electron chi connectivity index (χ2n) is 6.64. The van der Waals surface area contributed by atoms with Gasteiger partial charge in [0.25, 0.3) is 0 Å². The Morgan fingerprint density at radius 3 is 2.95 bits per heavy atom. The summed E-state index contributed by atoms with van der Waals surface area (Å²) >= 11 is 0. The fourth-order valence-electron chi connectivity index (χ4n) is 3.64. The fraction of sp³-hybridized carbons (Fsp3) is 0.611. The molecule has 0 N–H and O–H groups in total. The van der Waals surface area contributed by atoms with Crippen molar-refractivity contribution in [2.45, 2.75) is 52.9 Å². The van der Waals surface area contributed by atoms with Crippen molar-refractivity contribution >= 4 is 11.4 Å². The van der Waals surface area contributed by atoms with Crippen LogP contribution < -0.4 is 5.01 Å². The van der Waals surface area contributed by atoms with Crippen LogP contribution >= 0.6 is 0 Å². The second-order valence-corrected chi connectivity index (χ2v) is 6.64. The van der Waals surface area contributed by atoms with E-state index in [0.717, 1.165) is 18.4 Å². The topological polar surface area (TPSA) is 15.6 Å². The molecule has 0 aromatic heterocycles. The molecule has 0 bridgehead atoms. The van der Waals surface area contributed by atoms with Gasteiger partial charge in [0, 0.05) is 18.2 Å². The van der Waals surface area contributed by atoms with Crippen molar-refractivity contribution in [2.75, 3.05) is 11.6 Å². The molecule has 2 aliphatic rings. The number of anilines is 1. The molecule has 0 spiro atoms.